The highest BCUT2D eigenvalue weighted by atomic mass is 35.5. The number of rotatable bonds is 5. The molecule has 0 aliphatic rings. The Morgan fingerprint density at radius 3 is 2.55 bits per heavy atom. The molecule has 2 aromatic rings. The summed E-state index contributed by atoms with van der Waals surface area (Å²) < 4.78 is 10.8. The Kier molecular flexibility index (Phi) is 5.12. The van der Waals surface area contributed by atoms with E-state index >= 15 is 0 Å². The normalized spacial score (nSPS) is 11.6. The minimum Gasteiger partial charge on any atom is -0.494 e. The van der Waals surface area contributed by atoms with Gasteiger partial charge in [0, 0.05) is 16.8 Å². The Labute approximate surface area is 134 Å². The second-order valence-corrected chi connectivity index (χ2v) is 5.10. The number of amides is 1. The number of hydrogen-bond acceptors (Lipinski definition) is 4. The first-order valence-electron chi connectivity index (χ1n) is 6.66. The lowest BCUT2D eigenvalue weighted by Gasteiger charge is -2.16. The summed E-state index contributed by atoms with van der Waals surface area (Å²) in [5.41, 5.74) is 6.77. The molecule has 116 valence electrons. The van der Waals surface area contributed by atoms with Gasteiger partial charge in [0.25, 0.3) is 5.91 Å². The maximum atomic E-state index is 12.2. The Hall–Kier alpha value is -2.40. The number of anilines is 2. The third kappa shape index (κ3) is 4.05. The lowest BCUT2D eigenvalue weighted by atomic mass is 10.2. The lowest BCUT2D eigenvalue weighted by Crippen LogP contribution is -2.30. The van der Waals surface area contributed by atoms with E-state index in [2.05, 4.69) is 5.32 Å². The predicted octanol–water partition coefficient (Wildman–Crippen LogP) is 3.34. The van der Waals surface area contributed by atoms with Gasteiger partial charge in [-0.2, -0.15) is 0 Å². The minimum atomic E-state index is -0.677. The molecule has 6 heteroatoms. The third-order valence-corrected chi connectivity index (χ3v) is 3.23. The van der Waals surface area contributed by atoms with Gasteiger partial charge in [0.1, 0.15) is 11.5 Å². The molecule has 0 radical (unpaired) electrons. The molecule has 2 rings (SSSR count). The van der Waals surface area contributed by atoms with E-state index in [1.165, 1.54) is 7.11 Å². The molecule has 0 saturated carbocycles. The highest BCUT2D eigenvalue weighted by Gasteiger charge is 2.16. The lowest BCUT2D eigenvalue weighted by molar-refractivity contribution is -0.122. The predicted molar refractivity (Wildman–Crippen MR) is 87.6 cm³/mol. The average Bonchev–Trinajstić information content (AvgIpc) is 2.51. The standard InChI is InChI=1S/C16H17ClN2O3/c1-10(22-13-6-3-11(17)4-7-13)16(20)19-14-8-5-12(18)9-15(14)21-2/h3-10H,18H2,1-2H3,(H,19,20). The molecule has 1 amide bonds. The van der Waals surface area contributed by atoms with E-state index in [-0.39, 0.29) is 5.91 Å². The van der Waals surface area contributed by atoms with Crippen LogP contribution in [0.5, 0.6) is 11.5 Å². The SMILES string of the molecule is COc1cc(N)ccc1NC(=O)C(C)Oc1ccc(Cl)cc1. The topological polar surface area (TPSA) is 73.6 Å². The summed E-state index contributed by atoms with van der Waals surface area (Å²) in [6.07, 6.45) is -0.677. The van der Waals surface area contributed by atoms with Crippen LogP contribution in [0.25, 0.3) is 0 Å². The van der Waals surface area contributed by atoms with Gasteiger partial charge in [-0.3, -0.25) is 4.79 Å². The zero-order chi connectivity index (χ0) is 16.1. The van der Waals surface area contributed by atoms with Crippen LogP contribution in [0.4, 0.5) is 11.4 Å². The van der Waals surface area contributed by atoms with Crippen LogP contribution in [0.1, 0.15) is 6.92 Å². The summed E-state index contributed by atoms with van der Waals surface area (Å²) in [5.74, 6) is 0.765. The van der Waals surface area contributed by atoms with Gasteiger partial charge in [0.05, 0.1) is 12.8 Å². The van der Waals surface area contributed by atoms with Crippen molar-refractivity contribution in [3.05, 3.63) is 47.5 Å². The number of ether oxygens (including phenoxy) is 2. The molecule has 1 unspecified atom stereocenters. The molecule has 5 nitrogen and oxygen atoms in total. The average molecular weight is 321 g/mol. The quantitative estimate of drug-likeness (QED) is 0.829. The number of halogens is 1. The van der Waals surface area contributed by atoms with Crippen molar-refractivity contribution in [2.75, 3.05) is 18.2 Å². The van der Waals surface area contributed by atoms with Crippen molar-refractivity contribution in [1.82, 2.24) is 0 Å². The van der Waals surface area contributed by atoms with Crippen molar-refractivity contribution in [2.45, 2.75) is 13.0 Å². The Morgan fingerprint density at radius 1 is 1.23 bits per heavy atom. The number of carbonyl (C=O) groups is 1. The number of carbonyl (C=O) groups excluding carboxylic acids is 1. The number of methoxy groups -OCH3 is 1. The summed E-state index contributed by atoms with van der Waals surface area (Å²) in [5, 5.41) is 3.36. The van der Waals surface area contributed by atoms with E-state index in [9.17, 15) is 4.79 Å². The Morgan fingerprint density at radius 2 is 1.91 bits per heavy atom. The van der Waals surface area contributed by atoms with Crippen molar-refractivity contribution in [3.8, 4) is 11.5 Å². The molecule has 2 aromatic carbocycles. The van der Waals surface area contributed by atoms with Crippen LogP contribution in [0, 0.1) is 0 Å². The van der Waals surface area contributed by atoms with Gasteiger partial charge in [-0.05, 0) is 43.3 Å². The van der Waals surface area contributed by atoms with E-state index in [1.54, 1.807) is 49.4 Å². The van der Waals surface area contributed by atoms with E-state index < -0.39 is 6.10 Å². The van der Waals surface area contributed by atoms with Crippen LogP contribution >= 0.6 is 11.6 Å². The number of nitrogens with one attached hydrogen (secondary N) is 1. The number of hydrogen-bond donors (Lipinski definition) is 2. The fourth-order valence-electron chi connectivity index (χ4n) is 1.82. The molecule has 0 heterocycles. The van der Waals surface area contributed by atoms with Crippen molar-refractivity contribution in [2.24, 2.45) is 0 Å². The van der Waals surface area contributed by atoms with Crippen LogP contribution in [0.15, 0.2) is 42.5 Å². The first-order valence-corrected chi connectivity index (χ1v) is 7.04. The number of benzene rings is 2. The van der Waals surface area contributed by atoms with Crippen LogP contribution in [0.3, 0.4) is 0 Å². The molecule has 1 atom stereocenters. The van der Waals surface area contributed by atoms with Gasteiger partial charge in [0.15, 0.2) is 6.10 Å². The second-order valence-electron chi connectivity index (χ2n) is 4.66. The van der Waals surface area contributed by atoms with Crippen molar-refractivity contribution >= 4 is 28.9 Å². The molecule has 0 aliphatic heterocycles. The van der Waals surface area contributed by atoms with Crippen LogP contribution < -0.4 is 20.5 Å². The maximum Gasteiger partial charge on any atom is 0.265 e. The monoisotopic (exact) mass is 320 g/mol. The summed E-state index contributed by atoms with van der Waals surface area (Å²) in [6, 6.07) is 11.8. The van der Waals surface area contributed by atoms with E-state index in [4.69, 9.17) is 26.8 Å². The summed E-state index contributed by atoms with van der Waals surface area (Å²) in [6.45, 7) is 1.66. The molecule has 0 saturated heterocycles. The van der Waals surface area contributed by atoms with Crippen LogP contribution in [0.2, 0.25) is 5.02 Å². The molecule has 0 bridgehead atoms. The zero-order valence-corrected chi connectivity index (χ0v) is 13.1. The van der Waals surface area contributed by atoms with E-state index in [0.29, 0.717) is 27.9 Å². The molecule has 0 aliphatic carbocycles. The molecule has 0 spiro atoms. The van der Waals surface area contributed by atoms with Gasteiger partial charge >= 0.3 is 0 Å². The smallest absolute Gasteiger partial charge is 0.265 e. The Balaban J connectivity index is 2.03. The van der Waals surface area contributed by atoms with Crippen molar-refractivity contribution < 1.29 is 14.3 Å². The van der Waals surface area contributed by atoms with E-state index in [1.807, 2.05) is 0 Å². The summed E-state index contributed by atoms with van der Waals surface area (Å²) in [4.78, 5) is 12.2. The van der Waals surface area contributed by atoms with Gasteiger partial charge in [-0.1, -0.05) is 11.6 Å². The molecule has 0 aromatic heterocycles. The fourth-order valence-corrected chi connectivity index (χ4v) is 1.94. The van der Waals surface area contributed by atoms with Gasteiger partial charge < -0.3 is 20.5 Å². The summed E-state index contributed by atoms with van der Waals surface area (Å²) in [7, 11) is 1.51. The number of nitrogens with two attached hydrogens (primary N) is 1. The van der Waals surface area contributed by atoms with Crippen molar-refractivity contribution in [1.29, 1.82) is 0 Å². The molecule has 22 heavy (non-hydrogen) atoms. The molecule has 3 N–H and O–H groups in total. The van der Waals surface area contributed by atoms with Crippen molar-refractivity contribution in [3.63, 3.8) is 0 Å². The fraction of sp³-hybridized carbons (Fsp3) is 0.188. The van der Waals surface area contributed by atoms with Gasteiger partial charge in [-0.25, -0.2) is 0 Å². The number of nitrogen functional groups attached to an aromatic ring is 1. The minimum absolute atomic E-state index is 0.293. The van der Waals surface area contributed by atoms with E-state index in [0.717, 1.165) is 0 Å². The molecular weight excluding hydrogens is 304 g/mol. The second kappa shape index (κ2) is 7.04. The maximum absolute atomic E-state index is 12.2. The molecular formula is C16H17ClN2O3. The summed E-state index contributed by atoms with van der Waals surface area (Å²) >= 11 is 5.81. The third-order valence-electron chi connectivity index (χ3n) is 2.98. The van der Waals surface area contributed by atoms with Gasteiger partial charge in [0.2, 0.25) is 0 Å². The zero-order valence-electron chi connectivity index (χ0n) is 12.3. The highest BCUT2D eigenvalue weighted by molar-refractivity contribution is 6.30. The first kappa shape index (κ1) is 16.0. The van der Waals surface area contributed by atoms with Gasteiger partial charge in [-0.15, -0.1) is 0 Å². The highest BCUT2D eigenvalue weighted by Crippen LogP contribution is 2.27. The van der Waals surface area contributed by atoms with Crippen LogP contribution in [-0.2, 0) is 4.79 Å². The largest absolute Gasteiger partial charge is 0.494 e. The molecule has 0 fully saturated rings. The van der Waals surface area contributed by atoms with Crippen LogP contribution in [-0.4, -0.2) is 19.1 Å². The first-order chi connectivity index (χ1) is 10.5. The Bertz CT molecular complexity index is 659.